The summed E-state index contributed by atoms with van der Waals surface area (Å²) in [5.41, 5.74) is 5.40. The molecule has 0 aromatic heterocycles. The van der Waals surface area contributed by atoms with Gasteiger partial charge in [-0.3, -0.25) is 9.69 Å². The predicted octanol–water partition coefficient (Wildman–Crippen LogP) is 0.478. The smallest absolute Gasteiger partial charge is 0.236 e. The summed E-state index contributed by atoms with van der Waals surface area (Å²) in [6.07, 6.45) is 0.792. The van der Waals surface area contributed by atoms with Crippen LogP contribution in [0.2, 0.25) is 0 Å². The molecular formula is C12H25N3O2S. The van der Waals surface area contributed by atoms with Gasteiger partial charge in [0.1, 0.15) is 0 Å². The van der Waals surface area contributed by atoms with E-state index in [1.165, 1.54) is 0 Å². The summed E-state index contributed by atoms with van der Waals surface area (Å²) in [5.74, 6) is 0.0679. The van der Waals surface area contributed by atoms with Crippen LogP contribution in [-0.2, 0) is 9.53 Å². The molecule has 0 aliphatic carbocycles. The van der Waals surface area contributed by atoms with Crippen LogP contribution in [-0.4, -0.2) is 67.1 Å². The highest BCUT2D eigenvalue weighted by Crippen LogP contribution is 1.94. The molecular weight excluding hydrogens is 250 g/mol. The molecule has 0 atom stereocenters. The molecule has 0 aromatic carbocycles. The van der Waals surface area contributed by atoms with Crippen molar-refractivity contribution in [1.82, 2.24) is 9.80 Å². The Hall–Kier alpha value is -0.720. The van der Waals surface area contributed by atoms with Crippen LogP contribution in [0.15, 0.2) is 0 Å². The number of likely N-dealkylation sites (N-methyl/N-ethyl adjacent to an activating group) is 2. The fourth-order valence-electron chi connectivity index (χ4n) is 1.28. The van der Waals surface area contributed by atoms with Gasteiger partial charge in [-0.15, -0.1) is 0 Å². The summed E-state index contributed by atoms with van der Waals surface area (Å²) in [4.78, 5) is 15.9. The third-order valence-electron chi connectivity index (χ3n) is 2.45. The highest BCUT2D eigenvalue weighted by Gasteiger charge is 2.11. The Morgan fingerprint density at radius 3 is 2.44 bits per heavy atom. The number of hydrogen-bond donors (Lipinski definition) is 1. The van der Waals surface area contributed by atoms with Crippen LogP contribution >= 0.6 is 12.2 Å². The average Bonchev–Trinajstić information content (AvgIpc) is 2.24. The Balaban J connectivity index is 3.81. The van der Waals surface area contributed by atoms with Gasteiger partial charge in [-0.1, -0.05) is 12.2 Å². The van der Waals surface area contributed by atoms with Gasteiger partial charge in [-0.2, -0.15) is 0 Å². The molecule has 0 bridgehead atoms. The molecule has 5 nitrogen and oxygen atoms in total. The van der Waals surface area contributed by atoms with Gasteiger partial charge in [-0.05, 0) is 20.9 Å². The lowest BCUT2D eigenvalue weighted by molar-refractivity contribution is -0.130. The van der Waals surface area contributed by atoms with Crippen molar-refractivity contribution in [3.8, 4) is 0 Å². The van der Waals surface area contributed by atoms with Crippen molar-refractivity contribution in [3.05, 3.63) is 0 Å². The van der Waals surface area contributed by atoms with Crippen LogP contribution in [0.4, 0.5) is 0 Å². The molecule has 1 amide bonds. The summed E-state index contributed by atoms with van der Waals surface area (Å²) in [6, 6.07) is 0. The summed E-state index contributed by atoms with van der Waals surface area (Å²) in [7, 11) is 3.67. The number of thiocarbonyl (C=S) groups is 1. The lowest BCUT2D eigenvalue weighted by atomic mass is 10.3. The molecule has 18 heavy (non-hydrogen) atoms. The van der Waals surface area contributed by atoms with Crippen LogP contribution in [0.1, 0.15) is 20.3 Å². The Morgan fingerprint density at radius 2 is 1.94 bits per heavy atom. The zero-order valence-corrected chi connectivity index (χ0v) is 12.6. The highest BCUT2D eigenvalue weighted by molar-refractivity contribution is 7.80. The van der Waals surface area contributed by atoms with Gasteiger partial charge in [0.15, 0.2) is 0 Å². The van der Waals surface area contributed by atoms with Crippen molar-refractivity contribution in [2.24, 2.45) is 5.73 Å². The van der Waals surface area contributed by atoms with E-state index < -0.39 is 0 Å². The number of carbonyl (C=O) groups is 1. The molecule has 106 valence electrons. The minimum atomic E-state index is 0.0679. The minimum Gasteiger partial charge on any atom is -0.393 e. The molecule has 0 heterocycles. The number of amides is 1. The molecule has 0 saturated heterocycles. The van der Waals surface area contributed by atoms with Gasteiger partial charge in [0.05, 0.1) is 24.2 Å². The number of ether oxygens (including phenoxy) is 1. The Bertz CT molecular complexity index is 272. The molecule has 0 fully saturated rings. The first-order valence-electron chi connectivity index (χ1n) is 6.15. The van der Waals surface area contributed by atoms with E-state index >= 15 is 0 Å². The molecule has 0 spiro atoms. The maximum Gasteiger partial charge on any atom is 0.236 e. The molecule has 0 aromatic rings. The molecule has 0 unspecified atom stereocenters. The van der Waals surface area contributed by atoms with Crippen molar-refractivity contribution in [1.29, 1.82) is 0 Å². The molecule has 6 heteroatoms. The SMILES string of the molecule is CC(C)OCCN(C)CC(=O)N(C)CCC(N)=S. The first-order chi connectivity index (χ1) is 8.32. The Morgan fingerprint density at radius 1 is 1.33 bits per heavy atom. The maximum atomic E-state index is 11.8. The molecule has 0 aliphatic rings. The Labute approximate surface area is 115 Å². The number of carbonyl (C=O) groups excluding carboxylic acids is 1. The first-order valence-corrected chi connectivity index (χ1v) is 6.56. The fourth-order valence-corrected chi connectivity index (χ4v) is 1.37. The van der Waals surface area contributed by atoms with Crippen LogP contribution < -0.4 is 5.73 Å². The second-order valence-electron chi connectivity index (χ2n) is 4.69. The topological polar surface area (TPSA) is 58.8 Å². The van der Waals surface area contributed by atoms with Crippen LogP contribution in [0.25, 0.3) is 0 Å². The summed E-state index contributed by atoms with van der Waals surface area (Å²) < 4.78 is 5.43. The van der Waals surface area contributed by atoms with Gasteiger partial charge in [0, 0.05) is 26.6 Å². The number of nitrogens with zero attached hydrogens (tertiary/aromatic N) is 2. The van der Waals surface area contributed by atoms with Gasteiger partial charge in [0.25, 0.3) is 0 Å². The van der Waals surface area contributed by atoms with E-state index in [9.17, 15) is 4.79 Å². The third kappa shape index (κ3) is 9.32. The van der Waals surface area contributed by atoms with Crippen molar-refractivity contribution in [2.45, 2.75) is 26.4 Å². The second-order valence-corrected chi connectivity index (χ2v) is 5.21. The lowest BCUT2D eigenvalue weighted by Gasteiger charge is -2.22. The van der Waals surface area contributed by atoms with Crippen LogP contribution in [0.5, 0.6) is 0 Å². The van der Waals surface area contributed by atoms with Crippen molar-refractivity contribution < 1.29 is 9.53 Å². The minimum absolute atomic E-state index is 0.0679. The number of rotatable bonds is 9. The molecule has 0 saturated carbocycles. The van der Waals surface area contributed by atoms with Gasteiger partial charge in [-0.25, -0.2) is 0 Å². The predicted molar refractivity (Wildman–Crippen MR) is 77.6 cm³/mol. The van der Waals surface area contributed by atoms with E-state index in [-0.39, 0.29) is 12.0 Å². The van der Waals surface area contributed by atoms with Gasteiger partial charge < -0.3 is 15.4 Å². The van der Waals surface area contributed by atoms with E-state index in [1.807, 2.05) is 25.8 Å². The Kier molecular flexibility index (Phi) is 8.87. The summed E-state index contributed by atoms with van der Waals surface area (Å²) >= 11 is 4.78. The first kappa shape index (κ1) is 17.3. The zero-order valence-electron chi connectivity index (χ0n) is 11.8. The molecule has 0 rings (SSSR count). The normalized spacial score (nSPS) is 11.0. The molecule has 0 radical (unpaired) electrons. The summed E-state index contributed by atoms with van der Waals surface area (Å²) in [5, 5.41) is 0. The molecule has 0 aliphatic heterocycles. The van der Waals surface area contributed by atoms with Crippen molar-refractivity contribution in [3.63, 3.8) is 0 Å². The summed E-state index contributed by atoms with van der Waals surface area (Å²) in [6.45, 7) is 6.33. The highest BCUT2D eigenvalue weighted by atomic mass is 32.1. The van der Waals surface area contributed by atoms with E-state index in [0.717, 1.165) is 6.54 Å². The fraction of sp³-hybridized carbons (Fsp3) is 0.833. The van der Waals surface area contributed by atoms with E-state index in [4.69, 9.17) is 22.7 Å². The van der Waals surface area contributed by atoms with E-state index in [0.29, 0.717) is 31.1 Å². The maximum absolute atomic E-state index is 11.8. The van der Waals surface area contributed by atoms with E-state index in [2.05, 4.69) is 0 Å². The van der Waals surface area contributed by atoms with Gasteiger partial charge in [0.2, 0.25) is 5.91 Å². The second kappa shape index (κ2) is 9.24. The third-order valence-corrected chi connectivity index (χ3v) is 2.65. The van der Waals surface area contributed by atoms with Crippen LogP contribution in [0.3, 0.4) is 0 Å². The number of nitrogens with two attached hydrogens (primary N) is 1. The zero-order chi connectivity index (χ0) is 14.1. The van der Waals surface area contributed by atoms with Crippen molar-refractivity contribution >= 4 is 23.1 Å². The monoisotopic (exact) mass is 275 g/mol. The number of hydrogen-bond acceptors (Lipinski definition) is 4. The van der Waals surface area contributed by atoms with Crippen LogP contribution in [0, 0.1) is 0 Å². The average molecular weight is 275 g/mol. The van der Waals surface area contributed by atoms with E-state index in [1.54, 1.807) is 11.9 Å². The largest absolute Gasteiger partial charge is 0.393 e. The molecule has 2 N–H and O–H groups in total. The van der Waals surface area contributed by atoms with Gasteiger partial charge >= 0.3 is 0 Å². The van der Waals surface area contributed by atoms with Crippen molar-refractivity contribution in [2.75, 3.05) is 40.3 Å². The quantitative estimate of drug-likeness (QED) is 0.620. The standard InChI is InChI=1S/C12H25N3O2S/c1-10(2)17-8-7-14(3)9-12(16)15(4)6-5-11(13)18/h10H,5-9H2,1-4H3,(H2,13,18). The lowest BCUT2D eigenvalue weighted by Crippen LogP contribution is -2.39.